The number of aliphatic hydroxyl groups is 1. The van der Waals surface area contributed by atoms with E-state index in [1.165, 1.54) is 19.3 Å². The number of hydrogen-bond acceptors (Lipinski definition) is 2. The third kappa shape index (κ3) is 3.66. The zero-order valence-corrected chi connectivity index (χ0v) is 8.96. The van der Waals surface area contributed by atoms with Gasteiger partial charge in [-0.3, -0.25) is 4.79 Å². The number of rotatable bonds is 4. The summed E-state index contributed by atoms with van der Waals surface area (Å²) in [5.74, 6) is 0.413. The van der Waals surface area contributed by atoms with Crippen molar-refractivity contribution in [1.82, 2.24) is 5.32 Å². The molecule has 1 aliphatic carbocycles. The first-order valence-corrected chi connectivity index (χ1v) is 5.65. The van der Waals surface area contributed by atoms with Gasteiger partial charge in [-0.2, -0.15) is 0 Å². The summed E-state index contributed by atoms with van der Waals surface area (Å²) in [7, 11) is 0. The summed E-state index contributed by atoms with van der Waals surface area (Å²) in [5, 5.41) is 11.7. The highest BCUT2D eigenvalue weighted by Crippen LogP contribution is 2.23. The first kappa shape index (κ1) is 11.5. The lowest BCUT2D eigenvalue weighted by atomic mass is 9.88. The van der Waals surface area contributed by atoms with Crippen molar-refractivity contribution in [2.75, 3.05) is 6.61 Å². The Morgan fingerprint density at radius 3 is 2.64 bits per heavy atom. The highest BCUT2D eigenvalue weighted by molar-refractivity contribution is 5.78. The fourth-order valence-electron chi connectivity index (χ4n) is 1.99. The Kier molecular flexibility index (Phi) is 4.94. The van der Waals surface area contributed by atoms with Crippen molar-refractivity contribution in [3.05, 3.63) is 0 Å². The molecule has 0 radical (unpaired) electrons. The molecule has 0 spiro atoms. The second-order valence-corrected chi connectivity index (χ2v) is 4.26. The van der Waals surface area contributed by atoms with Crippen molar-refractivity contribution < 1.29 is 9.90 Å². The summed E-state index contributed by atoms with van der Waals surface area (Å²) in [4.78, 5) is 11.7. The third-order valence-corrected chi connectivity index (χ3v) is 2.93. The number of carbonyl (C=O) groups excluding carboxylic acids is 1. The summed E-state index contributed by atoms with van der Waals surface area (Å²) >= 11 is 0. The summed E-state index contributed by atoms with van der Waals surface area (Å²) in [6, 6.07) is 0.106. The van der Waals surface area contributed by atoms with Crippen LogP contribution in [-0.2, 0) is 4.79 Å². The first-order chi connectivity index (χ1) is 6.74. The fraction of sp³-hybridized carbons (Fsp3) is 0.909. The normalized spacial score (nSPS) is 20.4. The van der Waals surface area contributed by atoms with Crippen molar-refractivity contribution in [2.24, 2.45) is 5.92 Å². The van der Waals surface area contributed by atoms with E-state index in [1.807, 2.05) is 6.92 Å². The number of hydrogen-bond donors (Lipinski definition) is 2. The number of nitrogens with one attached hydrogen (secondary N) is 1. The predicted molar refractivity (Wildman–Crippen MR) is 55.9 cm³/mol. The van der Waals surface area contributed by atoms with E-state index in [0.717, 1.165) is 12.8 Å². The number of amides is 1. The van der Waals surface area contributed by atoms with Gasteiger partial charge in [-0.1, -0.05) is 19.3 Å². The van der Waals surface area contributed by atoms with Crippen LogP contribution in [0.25, 0.3) is 0 Å². The standard InChI is InChI=1S/C11H21NO2/c1-9(7-8-13)12-11(14)10-5-3-2-4-6-10/h9-10,13H,2-8H2,1H3,(H,12,14). The largest absolute Gasteiger partial charge is 0.396 e. The van der Waals surface area contributed by atoms with Gasteiger partial charge < -0.3 is 10.4 Å². The van der Waals surface area contributed by atoms with Crippen LogP contribution in [0.1, 0.15) is 45.4 Å². The summed E-state index contributed by atoms with van der Waals surface area (Å²) in [5.41, 5.74) is 0. The van der Waals surface area contributed by atoms with Gasteiger partial charge in [0.15, 0.2) is 0 Å². The molecule has 0 saturated heterocycles. The van der Waals surface area contributed by atoms with Gasteiger partial charge in [-0.05, 0) is 26.2 Å². The second kappa shape index (κ2) is 6.02. The molecule has 3 heteroatoms. The Labute approximate surface area is 85.9 Å². The van der Waals surface area contributed by atoms with E-state index >= 15 is 0 Å². The SMILES string of the molecule is CC(CCO)NC(=O)C1CCCCC1. The second-order valence-electron chi connectivity index (χ2n) is 4.26. The van der Waals surface area contributed by atoms with Crippen LogP contribution in [0, 0.1) is 5.92 Å². The van der Waals surface area contributed by atoms with Crippen molar-refractivity contribution in [1.29, 1.82) is 0 Å². The van der Waals surface area contributed by atoms with Crippen molar-refractivity contribution in [2.45, 2.75) is 51.5 Å². The van der Waals surface area contributed by atoms with Crippen LogP contribution < -0.4 is 5.32 Å². The summed E-state index contributed by atoms with van der Waals surface area (Å²) < 4.78 is 0. The molecule has 0 aromatic heterocycles. The average molecular weight is 199 g/mol. The van der Waals surface area contributed by atoms with Crippen LogP contribution in [0.3, 0.4) is 0 Å². The van der Waals surface area contributed by atoms with Gasteiger partial charge >= 0.3 is 0 Å². The van der Waals surface area contributed by atoms with Gasteiger partial charge in [0.2, 0.25) is 5.91 Å². The van der Waals surface area contributed by atoms with Gasteiger partial charge in [0, 0.05) is 18.6 Å². The smallest absolute Gasteiger partial charge is 0.223 e. The van der Waals surface area contributed by atoms with E-state index in [0.29, 0.717) is 6.42 Å². The molecule has 0 aliphatic heterocycles. The van der Waals surface area contributed by atoms with Crippen molar-refractivity contribution >= 4 is 5.91 Å². The molecule has 0 aromatic rings. The summed E-state index contributed by atoms with van der Waals surface area (Å²) in [6.07, 6.45) is 6.38. The minimum absolute atomic E-state index is 0.106. The Bertz CT molecular complexity index is 176. The van der Waals surface area contributed by atoms with Gasteiger partial charge in [0.1, 0.15) is 0 Å². The molecule has 0 bridgehead atoms. The Hall–Kier alpha value is -0.570. The van der Waals surface area contributed by atoms with Crippen LogP contribution in [0.4, 0.5) is 0 Å². The Morgan fingerprint density at radius 1 is 1.43 bits per heavy atom. The van der Waals surface area contributed by atoms with Crippen LogP contribution in [0.2, 0.25) is 0 Å². The lowest BCUT2D eigenvalue weighted by Crippen LogP contribution is -2.38. The van der Waals surface area contributed by atoms with Gasteiger partial charge in [0.05, 0.1) is 0 Å². The fourth-order valence-corrected chi connectivity index (χ4v) is 1.99. The lowest BCUT2D eigenvalue weighted by Gasteiger charge is -2.22. The van der Waals surface area contributed by atoms with E-state index in [2.05, 4.69) is 5.32 Å². The van der Waals surface area contributed by atoms with Crippen LogP contribution in [0.15, 0.2) is 0 Å². The molecule has 1 fully saturated rings. The van der Waals surface area contributed by atoms with Crippen LogP contribution in [-0.4, -0.2) is 23.7 Å². The third-order valence-electron chi connectivity index (χ3n) is 2.93. The van der Waals surface area contributed by atoms with Crippen LogP contribution >= 0.6 is 0 Å². The zero-order chi connectivity index (χ0) is 10.4. The zero-order valence-electron chi connectivity index (χ0n) is 8.96. The molecular weight excluding hydrogens is 178 g/mol. The molecule has 1 saturated carbocycles. The van der Waals surface area contributed by atoms with Gasteiger partial charge in [0.25, 0.3) is 0 Å². The molecular formula is C11H21NO2. The van der Waals surface area contributed by atoms with Crippen molar-refractivity contribution in [3.8, 4) is 0 Å². The molecule has 3 nitrogen and oxygen atoms in total. The minimum atomic E-state index is 0.106. The van der Waals surface area contributed by atoms with Crippen molar-refractivity contribution in [3.63, 3.8) is 0 Å². The molecule has 1 amide bonds. The molecule has 14 heavy (non-hydrogen) atoms. The topological polar surface area (TPSA) is 49.3 Å². The maximum atomic E-state index is 11.7. The lowest BCUT2D eigenvalue weighted by molar-refractivity contribution is -0.126. The molecule has 82 valence electrons. The quantitative estimate of drug-likeness (QED) is 0.720. The van der Waals surface area contributed by atoms with E-state index in [4.69, 9.17) is 5.11 Å². The Morgan fingerprint density at radius 2 is 2.07 bits per heavy atom. The molecule has 1 rings (SSSR count). The highest BCUT2D eigenvalue weighted by atomic mass is 16.3. The molecule has 1 atom stereocenters. The van der Waals surface area contributed by atoms with E-state index in [-0.39, 0.29) is 24.5 Å². The minimum Gasteiger partial charge on any atom is -0.396 e. The summed E-state index contributed by atoms with van der Waals surface area (Å²) in [6.45, 7) is 2.09. The van der Waals surface area contributed by atoms with Gasteiger partial charge in [-0.25, -0.2) is 0 Å². The maximum Gasteiger partial charge on any atom is 0.223 e. The first-order valence-electron chi connectivity index (χ1n) is 5.65. The predicted octanol–water partition coefficient (Wildman–Crippen LogP) is 1.45. The van der Waals surface area contributed by atoms with Crippen LogP contribution in [0.5, 0.6) is 0 Å². The van der Waals surface area contributed by atoms with E-state index in [9.17, 15) is 4.79 Å². The molecule has 1 aliphatic rings. The molecule has 1 unspecified atom stereocenters. The Balaban J connectivity index is 2.25. The molecule has 2 N–H and O–H groups in total. The molecule has 0 heterocycles. The highest BCUT2D eigenvalue weighted by Gasteiger charge is 2.21. The number of carbonyl (C=O) groups is 1. The molecule has 0 aromatic carbocycles. The van der Waals surface area contributed by atoms with Gasteiger partial charge in [-0.15, -0.1) is 0 Å². The number of aliphatic hydroxyl groups excluding tert-OH is 1. The average Bonchev–Trinajstić information content (AvgIpc) is 2.19. The van der Waals surface area contributed by atoms with E-state index < -0.39 is 0 Å². The monoisotopic (exact) mass is 199 g/mol. The maximum absolute atomic E-state index is 11.7. The van der Waals surface area contributed by atoms with E-state index in [1.54, 1.807) is 0 Å².